The molecule has 0 atom stereocenters. The lowest BCUT2D eigenvalue weighted by Gasteiger charge is -2.29. The van der Waals surface area contributed by atoms with E-state index in [0.717, 1.165) is 55.7 Å². The number of hydrogen-bond acceptors (Lipinski definition) is 3. The number of rotatable bonds is 6. The largest absolute Gasteiger partial charge is 0.456 e. The van der Waals surface area contributed by atoms with Gasteiger partial charge in [0.05, 0.1) is 5.69 Å². The van der Waals surface area contributed by atoms with Gasteiger partial charge in [0.25, 0.3) is 0 Å². The normalized spacial score (nSPS) is 11.6. The van der Waals surface area contributed by atoms with Crippen LogP contribution in [0, 0.1) is 0 Å². The lowest BCUT2D eigenvalue weighted by atomic mass is 9.95. The van der Waals surface area contributed by atoms with Crippen molar-refractivity contribution < 1.29 is 4.42 Å². The predicted octanol–water partition coefficient (Wildman–Crippen LogP) is 15.6. The molecule has 0 bridgehead atoms. The Labute approximate surface area is 322 Å². The zero-order valence-corrected chi connectivity index (χ0v) is 30.6. The van der Waals surface area contributed by atoms with E-state index in [0.29, 0.717) is 0 Å². The zero-order chi connectivity index (χ0) is 36.3. The van der Waals surface area contributed by atoms with Gasteiger partial charge in [0, 0.05) is 47.9 Å². The van der Waals surface area contributed by atoms with E-state index >= 15 is 0 Å². The fourth-order valence-corrected chi connectivity index (χ4v) is 9.32. The van der Waals surface area contributed by atoms with Gasteiger partial charge >= 0.3 is 0 Å². The van der Waals surface area contributed by atoms with Crippen LogP contribution in [0.1, 0.15) is 0 Å². The van der Waals surface area contributed by atoms with Gasteiger partial charge in [-0.3, -0.25) is 0 Å². The van der Waals surface area contributed by atoms with Gasteiger partial charge in [0.15, 0.2) is 0 Å². The van der Waals surface area contributed by atoms with Crippen molar-refractivity contribution in [1.82, 2.24) is 0 Å². The first-order valence-electron chi connectivity index (χ1n) is 18.7. The molecule has 0 saturated heterocycles. The molecule has 3 heteroatoms. The maximum atomic E-state index is 6.34. The molecule has 0 spiro atoms. The second-order valence-electron chi connectivity index (χ2n) is 14.1. The predicted molar refractivity (Wildman–Crippen MR) is 235 cm³/mol. The summed E-state index contributed by atoms with van der Waals surface area (Å²) >= 11 is 1.85. The molecule has 0 fully saturated rings. The maximum Gasteiger partial charge on any atom is 0.136 e. The van der Waals surface area contributed by atoms with Crippen molar-refractivity contribution in [2.75, 3.05) is 4.90 Å². The number of hydrogen-bond donors (Lipinski definition) is 0. The van der Waals surface area contributed by atoms with Crippen LogP contribution in [0.2, 0.25) is 0 Å². The van der Waals surface area contributed by atoms with E-state index in [1.165, 1.54) is 47.6 Å². The van der Waals surface area contributed by atoms with Crippen molar-refractivity contribution in [3.05, 3.63) is 200 Å². The number of anilines is 3. The third-order valence-electron chi connectivity index (χ3n) is 10.8. The number of para-hydroxylation sites is 1. The SMILES string of the molecule is c1ccc(-c2ccc(-c3ccc4ccccc4c3)cc2N(c2cccc(-c3cccc4oc5ccccc5c34)c2)c2ccc3sc4ccccc4c3c2)cc1. The summed E-state index contributed by atoms with van der Waals surface area (Å²) in [5.41, 5.74) is 12.0. The number of nitrogens with zero attached hydrogens (tertiary/aromatic N) is 1. The number of fused-ring (bicyclic) bond motifs is 7. The van der Waals surface area contributed by atoms with E-state index in [1.807, 2.05) is 17.4 Å². The van der Waals surface area contributed by atoms with Crippen LogP contribution in [-0.2, 0) is 0 Å². The fraction of sp³-hybridized carbons (Fsp3) is 0. The number of thiophene rings is 1. The van der Waals surface area contributed by atoms with Crippen molar-refractivity contribution in [2.24, 2.45) is 0 Å². The van der Waals surface area contributed by atoms with Crippen LogP contribution in [0.5, 0.6) is 0 Å². The minimum atomic E-state index is 0.894. The minimum absolute atomic E-state index is 0.894. The van der Waals surface area contributed by atoms with Gasteiger partial charge in [0.1, 0.15) is 11.2 Å². The molecule has 2 nitrogen and oxygen atoms in total. The third kappa shape index (κ3) is 5.40. The van der Waals surface area contributed by atoms with E-state index in [4.69, 9.17) is 4.42 Å². The Kier molecular flexibility index (Phi) is 7.39. The van der Waals surface area contributed by atoms with E-state index in [-0.39, 0.29) is 0 Å². The molecule has 258 valence electrons. The van der Waals surface area contributed by atoms with Crippen molar-refractivity contribution in [2.45, 2.75) is 0 Å². The summed E-state index contributed by atoms with van der Waals surface area (Å²) in [5, 5.41) is 7.28. The first kappa shape index (κ1) is 31.6. The van der Waals surface area contributed by atoms with Crippen molar-refractivity contribution in [3.8, 4) is 33.4 Å². The average Bonchev–Trinajstić information content (AvgIpc) is 3.82. The van der Waals surface area contributed by atoms with Crippen LogP contribution in [-0.4, -0.2) is 0 Å². The standard InChI is InChI=1S/C52H33NOS/c1-2-13-35(14-3-1)42-28-26-38(37-25-24-34-12-4-5-15-36(34)30-37)32-47(42)53(41-27-29-51-46(33-41)44-18-7-9-23-50(44)55-51)40-17-10-16-39(31-40)43-20-11-22-49-52(43)45-19-6-8-21-48(45)54-49/h1-33H. The first-order valence-corrected chi connectivity index (χ1v) is 19.5. The van der Waals surface area contributed by atoms with Gasteiger partial charge in [-0.25, -0.2) is 0 Å². The van der Waals surface area contributed by atoms with Gasteiger partial charge in [0.2, 0.25) is 0 Å². The average molecular weight is 720 g/mol. The van der Waals surface area contributed by atoms with Gasteiger partial charge in [-0.1, -0.05) is 140 Å². The quantitative estimate of drug-likeness (QED) is 0.170. The highest BCUT2D eigenvalue weighted by atomic mass is 32.1. The second kappa shape index (κ2) is 12.9. The van der Waals surface area contributed by atoms with Gasteiger partial charge in [-0.2, -0.15) is 0 Å². The summed E-state index contributed by atoms with van der Waals surface area (Å²) in [6.45, 7) is 0. The van der Waals surface area contributed by atoms with Crippen LogP contribution >= 0.6 is 11.3 Å². The van der Waals surface area contributed by atoms with E-state index in [9.17, 15) is 0 Å². The van der Waals surface area contributed by atoms with Crippen LogP contribution in [0.15, 0.2) is 205 Å². The van der Waals surface area contributed by atoms with Crippen molar-refractivity contribution in [1.29, 1.82) is 0 Å². The highest BCUT2D eigenvalue weighted by Crippen LogP contribution is 2.46. The molecule has 0 aliphatic heterocycles. The van der Waals surface area contributed by atoms with Gasteiger partial charge in [-0.05, 0) is 99.3 Å². The molecule has 11 rings (SSSR count). The summed E-state index contributed by atoms with van der Waals surface area (Å²) in [7, 11) is 0. The zero-order valence-electron chi connectivity index (χ0n) is 29.8. The molecule has 11 aromatic rings. The molecule has 9 aromatic carbocycles. The molecule has 55 heavy (non-hydrogen) atoms. The lowest BCUT2D eigenvalue weighted by Crippen LogP contribution is -2.11. The molecular formula is C52H33NOS. The Bertz CT molecular complexity index is 3230. The first-order chi connectivity index (χ1) is 27.2. The molecule has 0 N–H and O–H groups in total. The molecular weight excluding hydrogens is 687 g/mol. The molecule has 0 unspecified atom stereocenters. The van der Waals surface area contributed by atoms with E-state index in [1.54, 1.807) is 0 Å². The Morgan fingerprint density at radius 2 is 1.05 bits per heavy atom. The monoisotopic (exact) mass is 719 g/mol. The molecule has 0 aliphatic carbocycles. The van der Waals surface area contributed by atoms with Crippen LogP contribution < -0.4 is 4.90 Å². The van der Waals surface area contributed by atoms with Crippen LogP contribution in [0.4, 0.5) is 17.1 Å². The molecule has 0 radical (unpaired) electrons. The summed E-state index contributed by atoms with van der Waals surface area (Å²) in [6, 6.07) is 72.5. The van der Waals surface area contributed by atoms with Gasteiger partial charge < -0.3 is 9.32 Å². The van der Waals surface area contributed by atoms with E-state index < -0.39 is 0 Å². The van der Waals surface area contributed by atoms with Crippen LogP contribution in [0.3, 0.4) is 0 Å². The van der Waals surface area contributed by atoms with Crippen molar-refractivity contribution >= 4 is 81.3 Å². The Morgan fingerprint density at radius 3 is 1.98 bits per heavy atom. The lowest BCUT2D eigenvalue weighted by molar-refractivity contribution is 0.669. The Balaban J connectivity index is 1.18. The number of furan rings is 1. The van der Waals surface area contributed by atoms with Crippen LogP contribution in [0.25, 0.3) is 86.3 Å². The fourth-order valence-electron chi connectivity index (χ4n) is 8.24. The third-order valence-corrected chi connectivity index (χ3v) is 12.0. The number of benzene rings is 9. The summed E-state index contributed by atoms with van der Waals surface area (Å²) in [6.07, 6.45) is 0. The van der Waals surface area contributed by atoms with E-state index in [2.05, 4.69) is 199 Å². The summed E-state index contributed by atoms with van der Waals surface area (Å²) in [4.78, 5) is 2.45. The highest BCUT2D eigenvalue weighted by molar-refractivity contribution is 7.25. The maximum absolute atomic E-state index is 6.34. The summed E-state index contributed by atoms with van der Waals surface area (Å²) in [5.74, 6) is 0. The highest BCUT2D eigenvalue weighted by Gasteiger charge is 2.21. The molecule has 0 aliphatic rings. The molecule has 0 amide bonds. The minimum Gasteiger partial charge on any atom is -0.456 e. The molecule has 0 saturated carbocycles. The summed E-state index contributed by atoms with van der Waals surface area (Å²) < 4.78 is 8.92. The topological polar surface area (TPSA) is 16.4 Å². The molecule has 2 heterocycles. The Morgan fingerprint density at radius 1 is 0.364 bits per heavy atom. The second-order valence-corrected chi connectivity index (χ2v) is 15.2. The Hall–Kier alpha value is -6.94. The van der Waals surface area contributed by atoms with Crippen molar-refractivity contribution in [3.63, 3.8) is 0 Å². The smallest absolute Gasteiger partial charge is 0.136 e. The van der Waals surface area contributed by atoms with Gasteiger partial charge in [-0.15, -0.1) is 11.3 Å². The molecule has 2 aromatic heterocycles.